The minimum atomic E-state index is -5.19. The van der Waals surface area contributed by atoms with Crippen molar-refractivity contribution in [3.8, 4) is 22.9 Å². The zero-order chi connectivity index (χ0) is 25.2. The van der Waals surface area contributed by atoms with E-state index in [1.807, 2.05) is 25.1 Å². The number of aryl methyl sites for hydroxylation is 1. The minimum Gasteiger partial charge on any atom is -0.357 e. The second kappa shape index (κ2) is 7.90. The van der Waals surface area contributed by atoms with Gasteiger partial charge in [0.2, 0.25) is 0 Å². The van der Waals surface area contributed by atoms with Gasteiger partial charge in [-0.2, -0.15) is 13.7 Å². The van der Waals surface area contributed by atoms with Gasteiger partial charge in [-0.3, -0.25) is 9.78 Å². The summed E-state index contributed by atoms with van der Waals surface area (Å²) in [5.74, 6) is -0.240. The van der Waals surface area contributed by atoms with Gasteiger partial charge in [0.1, 0.15) is 5.65 Å². The molecule has 0 unspecified atom stereocenters. The van der Waals surface area contributed by atoms with Crippen LogP contribution in [0.3, 0.4) is 0 Å². The Bertz CT molecular complexity index is 1930. The second-order valence-corrected chi connectivity index (χ2v) is 9.87. The van der Waals surface area contributed by atoms with E-state index in [4.69, 9.17) is 0 Å². The molecule has 10 heteroatoms. The fourth-order valence-corrected chi connectivity index (χ4v) is 5.25. The van der Waals surface area contributed by atoms with Gasteiger partial charge in [0.25, 0.3) is 0 Å². The van der Waals surface area contributed by atoms with Crippen molar-refractivity contribution in [2.24, 2.45) is 0 Å². The van der Waals surface area contributed by atoms with Crippen molar-refractivity contribution in [3.63, 3.8) is 0 Å². The molecule has 0 bridgehead atoms. The van der Waals surface area contributed by atoms with E-state index in [1.54, 1.807) is 18.3 Å². The number of rotatable bonds is 5. The summed E-state index contributed by atoms with van der Waals surface area (Å²) in [7, 11) is -5.19. The topological polar surface area (TPSA) is 118 Å². The summed E-state index contributed by atoms with van der Waals surface area (Å²) < 4.78 is 41.6. The van der Waals surface area contributed by atoms with Crippen LogP contribution in [0.15, 0.2) is 53.6 Å². The van der Waals surface area contributed by atoms with Gasteiger partial charge in [0, 0.05) is 34.1 Å². The van der Waals surface area contributed by atoms with Crippen LogP contribution in [-0.4, -0.2) is 23.0 Å². The van der Waals surface area contributed by atoms with Gasteiger partial charge in [-0.05, 0) is 60.7 Å². The summed E-state index contributed by atoms with van der Waals surface area (Å²) in [6.45, 7) is 1.96. The number of H-pyrrole nitrogens is 1. The molecular weight excluding hydrogens is 483 g/mol. The van der Waals surface area contributed by atoms with E-state index in [1.165, 1.54) is 6.07 Å². The van der Waals surface area contributed by atoms with Crippen molar-refractivity contribution in [2.75, 3.05) is 0 Å². The van der Waals surface area contributed by atoms with Crippen LogP contribution in [0.5, 0.6) is 5.75 Å². The molecule has 3 aromatic heterocycles. The van der Waals surface area contributed by atoms with E-state index in [0.29, 0.717) is 34.0 Å². The number of nitrogens with zero attached hydrogens (tertiary/aromatic N) is 3. The van der Waals surface area contributed by atoms with Gasteiger partial charge < -0.3 is 13.7 Å². The van der Waals surface area contributed by atoms with E-state index in [0.717, 1.165) is 46.6 Å². The van der Waals surface area contributed by atoms with Crippen LogP contribution in [-0.2, 0) is 16.9 Å². The molecule has 1 aliphatic carbocycles. The molecule has 0 amide bonds. The first-order valence-corrected chi connectivity index (χ1v) is 12.7. The summed E-state index contributed by atoms with van der Waals surface area (Å²) in [6, 6.07) is 12.8. The number of hydrogen-bond acceptors (Lipinski definition) is 6. The first-order chi connectivity index (χ1) is 17.3. The van der Waals surface area contributed by atoms with Crippen molar-refractivity contribution in [3.05, 3.63) is 70.1 Å². The molecule has 3 heterocycles. The fraction of sp³-hybridized carbons (Fsp3) is 0.192. The Balaban J connectivity index is 1.68. The van der Waals surface area contributed by atoms with Crippen molar-refractivity contribution in [2.45, 2.75) is 32.2 Å². The maximum atomic E-state index is 13.8. The first-order valence-electron chi connectivity index (χ1n) is 11.4. The Morgan fingerprint density at radius 3 is 2.69 bits per heavy atom. The zero-order valence-electron chi connectivity index (χ0n) is 19.1. The number of hydrogen-bond donors (Lipinski definition) is 1. The van der Waals surface area contributed by atoms with Gasteiger partial charge in [0.05, 0.1) is 28.7 Å². The molecule has 5 aromatic rings. The van der Waals surface area contributed by atoms with Gasteiger partial charge in [-0.15, -0.1) is 0 Å². The highest BCUT2D eigenvalue weighted by Crippen LogP contribution is 2.42. The molecule has 1 saturated carbocycles. The lowest BCUT2D eigenvalue weighted by Crippen LogP contribution is -2.11. The summed E-state index contributed by atoms with van der Waals surface area (Å²) in [5, 5.41) is 11.3. The number of aromatic amines is 1. The second-order valence-electron chi connectivity index (χ2n) is 8.92. The number of nitriles is 1. The Hall–Kier alpha value is -4.23. The molecule has 1 fully saturated rings. The van der Waals surface area contributed by atoms with E-state index >= 15 is 0 Å². The van der Waals surface area contributed by atoms with Gasteiger partial charge in [-0.25, -0.2) is 0 Å². The van der Waals surface area contributed by atoms with Crippen LogP contribution in [0, 0.1) is 11.3 Å². The number of halogens is 1. The monoisotopic (exact) mass is 502 g/mol. The molecule has 0 saturated heterocycles. The van der Waals surface area contributed by atoms with Crippen LogP contribution >= 0.6 is 0 Å². The summed E-state index contributed by atoms with van der Waals surface area (Å²) >= 11 is 0. The van der Waals surface area contributed by atoms with Gasteiger partial charge >= 0.3 is 10.5 Å². The highest BCUT2D eigenvalue weighted by atomic mass is 32.3. The zero-order valence-corrected chi connectivity index (χ0v) is 19.9. The first kappa shape index (κ1) is 22.2. The number of nitrogens with one attached hydrogen (secondary N) is 1. The Morgan fingerprint density at radius 2 is 2.00 bits per heavy atom. The normalized spacial score (nSPS) is 13.9. The third-order valence-corrected chi connectivity index (χ3v) is 7.01. The predicted molar refractivity (Wildman–Crippen MR) is 134 cm³/mol. The Morgan fingerprint density at radius 1 is 1.19 bits per heavy atom. The molecule has 1 aliphatic rings. The van der Waals surface area contributed by atoms with Crippen molar-refractivity contribution in [1.82, 2.24) is 14.5 Å². The van der Waals surface area contributed by atoms with Crippen LogP contribution in [0.4, 0.5) is 3.89 Å². The molecule has 0 atom stereocenters. The van der Waals surface area contributed by atoms with E-state index in [-0.39, 0.29) is 17.2 Å². The molecule has 1 N–H and O–H groups in total. The molecule has 0 aliphatic heterocycles. The fourth-order valence-electron chi connectivity index (χ4n) is 4.93. The predicted octanol–water partition coefficient (Wildman–Crippen LogP) is 5.06. The lowest BCUT2D eigenvalue weighted by Gasteiger charge is -2.16. The third-order valence-electron chi connectivity index (χ3n) is 6.61. The summed E-state index contributed by atoms with van der Waals surface area (Å²) in [4.78, 5) is 21.2. The maximum absolute atomic E-state index is 13.8. The van der Waals surface area contributed by atoms with Gasteiger partial charge in [-0.1, -0.05) is 16.9 Å². The van der Waals surface area contributed by atoms with Crippen molar-refractivity contribution in [1.29, 1.82) is 5.26 Å². The van der Waals surface area contributed by atoms with Gasteiger partial charge in [0.15, 0.2) is 11.2 Å². The number of benzene rings is 2. The molecule has 8 nitrogen and oxygen atoms in total. The van der Waals surface area contributed by atoms with E-state index in [2.05, 4.69) is 24.8 Å². The quantitative estimate of drug-likeness (QED) is 0.336. The molecule has 0 radical (unpaired) electrons. The highest BCUT2D eigenvalue weighted by Gasteiger charge is 2.29. The van der Waals surface area contributed by atoms with Crippen LogP contribution < -0.4 is 9.61 Å². The number of aromatic nitrogens is 3. The van der Waals surface area contributed by atoms with E-state index < -0.39 is 10.5 Å². The molecule has 36 heavy (non-hydrogen) atoms. The summed E-state index contributed by atoms with van der Waals surface area (Å²) in [6.07, 6.45) is 5.20. The maximum Gasteiger partial charge on any atom is 0.488 e. The number of fused-ring (bicyclic) bond motifs is 4. The average Bonchev–Trinajstić information content (AvgIpc) is 3.61. The minimum absolute atomic E-state index is 0.104. The molecule has 6 rings (SSSR count). The lowest BCUT2D eigenvalue weighted by molar-refractivity contribution is 0.439. The summed E-state index contributed by atoms with van der Waals surface area (Å²) in [5.41, 5.74) is 4.71. The Kier molecular flexibility index (Phi) is 4.88. The van der Waals surface area contributed by atoms with Crippen molar-refractivity contribution < 1.29 is 16.5 Å². The number of pyridine rings is 2. The molecule has 0 spiro atoms. The largest absolute Gasteiger partial charge is 0.488 e. The molecule has 2 aromatic carbocycles. The lowest BCUT2D eigenvalue weighted by atomic mass is 9.96. The van der Waals surface area contributed by atoms with Crippen LogP contribution in [0.2, 0.25) is 0 Å². The molecule has 180 valence electrons. The van der Waals surface area contributed by atoms with Crippen LogP contribution in [0.25, 0.3) is 44.0 Å². The van der Waals surface area contributed by atoms with E-state index in [9.17, 15) is 22.4 Å². The third kappa shape index (κ3) is 3.60. The van der Waals surface area contributed by atoms with Crippen LogP contribution in [0.1, 0.15) is 36.9 Å². The SMILES string of the molecule is CCc1cc2c(=O)c3c4ccc(C#N)cc4[nH]c3n(C3CC3)c2cc1-c1cncc(OS(=O)(=O)F)c1. The smallest absolute Gasteiger partial charge is 0.357 e. The Labute approximate surface area is 205 Å². The average molecular weight is 503 g/mol. The van der Waals surface area contributed by atoms with Crippen molar-refractivity contribution >= 4 is 43.3 Å². The highest BCUT2D eigenvalue weighted by molar-refractivity contribution is 7.81. The molecular formula is C26H19FN4O4S. The standard InChI is InChI=1S/C26H19FN4O4S/c1-2-15-9-21-23(10-20(15)16-8-18(13-29-12-16)35-36(27,33)34)31(17-4-5-17)26-24(25(21)32)19-6-3-14(11-28)7-22(19)30-26/h3,6-10,12-13,17,30H,2,4-5H2,1H3.